The fourth-order valence-electron chi connectivity index (χ4n) is 0.511. The van der Waals surface area contributed by atoms with Gasteiger partial charge in [-0.05, 0) is 0 Å². The highest BCUT2D eigenvalue weighted by molar-refractivity contribution is 4.87. The zero-order valence-electron chi connectivity index (χ0n) is 4.55. The molecular weight excluding hydrogens is 88.1 g/mol. The first kappa shape index (κ1) is 4.85. The molecular formula is C6H10O. The van der Waals surface area contributed by atoms with Gasteiger partial charge >= 0.3 is 0 Å². The van der Waals surface area contributed by atoms with E-state index in [9.17, 15) is 0 Å². The summed E-state index contributed by atoms with van der Waals surface area (Å²) in [5, 5.41) is 0. The molecule has 0 N–H and O–H groups in total. The fourth-order valence-corrected chi connectivity index (χ4v) is 0.511. The molecule has 0 amide bonds. The zero-order chi connectivity index (χ0) is 5.28. The Labute approximate surface area is 44.0 Å². The number of hydrogen-bond acceptors (Lipinski definition) is 1. The first-order valence-electron chi connectivity index (χ1n) is 2.58. The lowest BCUT2D eigenvalue weighted by atomic mass is 10.1. The Kier molecular flexibility index (Phi) is 1.15. The van der Waals surface area contributed by atoms with Gasteiger partial charge in [-0.1, -0.05) is 13.0 Å². The van der Waals surface area contributed by atoms with E-state index < -0.39 is 0 Å². The second-order valence-corrected chi connectivity index (χ2v) is 1.97. The maximum Gasteiger partial charge on any atom is 0.0869 e. The predicted octanol–water partition coefficient (Wildman–Crippen LogP) is 1.21. The highest BCUT2D eigenvalue weighted by Gasteiger charge is 2.26. The molecule has 0 aromatic carbocycles. The van der Waals surface area contributed by atoms with Crippen LogP contribution in [-0.4, -0.2) is 12.7 Å². The number of ether oxygens (including phenoxy) is 1. The highest BCUT2D eigenvalue weighted by atomic mass is 16.6. The molecule has 1 fully saturated rings. The van der Waals surface area contributed by atoms with Crippen molar-refractivity contribution in [2.75, 3.05) is 6.61 Å². The van der Waals surface area contributed by atoms with Gasteiger partial charge in [-0.2, -0.15) is 0 Å². The van der Waals surface area contributed by atoms with Crippen molar-refractivity contribution in [1.82, 2.24) is 0 Å². The summed E-state index contributed by atoms with van der Waals surface area (Å²) < 4.78 is 4.99. The van der Waals surface area contributed by atoms with Gasteiger partial charge in [0.1, 0.15) is 0 Å². The van der Waals surface area contributed by atoms with Gasteiger partial charge in [0.25, 0.3) is 0 Å². The normalized spacial score (nSPS) is 31.9. The van der Waals surface area contributed by atoms with E-state index in [1.54, 1.807) is 0 Å². The van der Waals surface area contributed by atoms with E-state index in [2.05, 4.69) is 13.5 Å². The molecule has 0 saturated carbocycles. The topological polar surface area (TPSA) is 12.5 Å². The van der Waals surface area contributed by atoms with Crippen LogP contribution < -0.4 is 0 Å². The first-order valence-corrected chi connectivity index (χ1v) is 2.58. The van der Waals surface area contributed by atoms with Crippen LogP contribution in [0.4, 0.5) is 0 Å². The molecule has 0 spiro atoms. The number of rotatable bonds is 2. The predicted molar refractivity (Wildman–Crippen MR) is 29.1 cm³/mol. The molecule has 40 valence electrons. The summed E-state index contributed by atoms with van der Waals surface area (Å²) in [5.74, 6) is 0.556. The molecule has 7 heavy (non-hydrogen) atoms. The smallest absolute Gasteiger partial charge is 0.0869 e. The van der Waals surface area contributed by atoms with Gasteiger partial charge in [-0.25, -0.2) is 0 Å². The minimum Gasteiger partial charge on any atom is -0.373 e. The summed E-state index contributed by atoms with van der Waals surface area (Å²) in [6.07, 6.45) is 2.43. The summed E-state index contributed by atoms with van der Waals surface area (Å²) in [4.78, 5) is 0. The largest absolute Gasteiger partial charge is 0.373 e. The van der Waals surface area contributed by atoms with Crippen LogP contribution in [0.2, 0.25) is 0 Å². The third-order valence-corrected chi connectivity index (χ3v) is 1.32. The van der Waals surface area contributed by atoms with E-state index in [-0.39, 0.29) is 0 Å². The molecule has 0 bridgehead atoms. The van der Waals surface area contributed by atoms with E-state index in [0.717, 1.165) is 6.61 Å². The first-order chi connectivity index (χ1) is 3.34. The second kappa shape index (κ2) is 1.66. The Hall–Kier alpha value is -0.300. The molecule has 0 radical (unpaired) electrons. The molecule has 0 aromatic rings. The van der Waals surface area contributed by atoms with Crippen LogP contribution in [0.3, 0.4) is 0 Å². The zero-order valence-corrected chi connectivity index (χ0v) is 4.55. The van der Waals surface area contributed by atoms with E-state index in [1.165, 1.54) is 0 Å². The number of epoxide rings is 1. The third kappa shape index (κ3) is 1.03. The molecule has 2 atom stereocenters. The van der Waals surface area contributed by atoms with Crippen molar-refractivity contribution in [3.05, 3.63) is 12.7 Å². The lowest BCUT2D eigenvalue weighted by Crippen LogP contribution is -1.96. The summed E-state index contributed by atoms with van der Waals surface area (Å²) in [5.41, 5.74) is 0. The maximum absolute atomic E-state index is 4.99. The van der Waals surface area contributed by atoms with Crippen LogP contribution in [0.25, 0.3) is 0 Å². The monoisotopic (exact) mass is 98.1 g/mol. The second-order valence-electron chi connectivity index (χ2n) is 1.97. The minimum absolute atomic E-state index is 0.498. The molecule has 1 saturated heterocycles. The van der Waals surface area contributed by atoms with Crippen LogP contribution >= 0.6 is 0 Å². The maximum atomic E-state index is 4.99. The van der Waals surface area contributed by atoms with E-state index in [1.807, 2.05) is 6.08 Å². The van der Waals surface area contributed by atoms with Gasteiger partial charge in [0.2, 0.25) is 0 Å². The van der Waals surface area contributed by atoms with Gasteiger partial charge in [-0.3, -0.25) is 0 Å². The summed E-state index contributed by atoms with van der Waals surface area (Å²) in [6, 6.07) is 0. The lowest BCUT2D eigenvalue weighted by Gasteiger charge is -1.94. The molecule has 1 heteroatoms. The van der Waals surface area contributed by atoms with Crippen molar-refractivity contribution in [2.24, 2.45) is 5.92 Å². The quantitative estimate of drug-likeness (QED) is 0.373. The van der Waals surface area contributed by atoms with Gasteiger partial charge in [0.05, 0.1) is 12.7 Å². The van der Waals surface area contributed by atoms with Crippen molar-refractivity contribution in [2.45, 2.75) is 13.0 Å². The van der Waals surface area contributed by atoms with Crippen LogP contribution in [0.5, 0.6) is 0 Å². The fraction of sp³-hybridized carbons (Fsp3) is 0.667. The van der Waals surface area contributed by atoms with E-state index in [0.29, 0.717) is 12.0 Å². The van der Waals surface area contributed by atoms with E-state index in [4.69, 9.17) is 4.74 Å². The van der Waals surface area contributed by atoms with Crippen molar-refractivity contribution < 1.29 is 4.74 Å². The highest BCUT2D eigenvalue weighted by Crippen LogP contribution is 2.19. The molecule has 0 aliphatic carbocycles. The summed E-state index contributed by atoms with van der Waals surface area (Å²) in [6.45, 7) is 6.70. The Morgan fingerprint density at radius 1 is 2.00 bits per heavy atom. The van der Waals surface area contributed by atoms with E-state index >= 15 is 0 Å². The van der Waals surface area contributed by atoms with Gasteiger partial charge in [0, 0.05) is 5.92 Å². The molecule has 2 unspecified atom stereocenters. The molecule has 1 aliphatic rings. The van der Waals surface area contributed by atoms with Crippen molar-refractivity contribution >= 4 is 0 Å². The summed E-state index contributed by atoms with van der Waals surface area (Å²) >= 11 is 0. The van der Waals surface area contributed by atoms with Crippen molar-refractivity contribution in [3.63, 3.8) is 0 Å². The Morgan fingerprint density at radius 3 is 2.71 bits per heavy atom. The SMILES string of the molecule is C=CC(C)C1CO1. The molecule has 1 rings (SSSR count). The average molecular weight is 98.1 g/mol. The summed E-state index contributed by atoms with van der Waals surface area (Å²) in [7, 11) is 0. The van der Waals surface area contributed by atoms with Crippen molar-refractivity contribution in [1.29, 1.82) is 0 Å². The Morgan fingerprint density at radius 2 is 2.57 bits per heavy atom. The van der Waals surface area contributed by atoms with Crippen LogP contribution in [0.15, 0.2) is 12.7 Å². The van der Waals surface area contributed by atoms with Crippen molar-refractivity contribution in [3.8, 4) is 0 Å². The third-order valence-electron chi connectivity index (χ3n) is 1.32. The molecule has 1 heterocycles. The molecule has 0 aromatic heterocycles. The van der Waals surface area contributed by atoms with Crippen LogP contribution in [0.1, 0.15) is 6.92 Å². The number of hydrogen-bond donors (Lipinski definition) is 0. The molecule has 1 nitrogen and oxygen atoms in total. The minimum atomic E-state index is 0.498. The van der Waals surface area contributed by atoms with Crippen LogP contribution in [-0.2, 0) is 4.74 Å². The van der Waals surface area contributed by atoms with Gasteiger partial charge in [0.15, 0.2) is 0 Å². The molecule has 1 aliphatic heterocycles. The Bertz CT molecular complexity index is 74.2. The standard InChI is InChI=1S/C6H10O/c1-3-5(2)6-4-7-6/h3,5-6H,1,4H2,2H3. The van der Waals surface area contributed by atoms with Crippen LogP contribution in [0, 0.1) is 5.92 Å². The van der Waals surface area contributed by atoms with Gasteiger partial charge in [-0.15, -0.1) is 6.58 Å². The average Bonchev–Trinajstić information content (AvgIpc) is 2.44. The lowest BCUT2D eigenvalue weighted by molar-refractivity contribution is 0.371. The Balaban J connectivity index is 2.22. The van der Waals surface area contributed by atoms with Gasteiger partial charge < -0.3 is 4.74 Å².